The van der Waals surface area contributed by atoms with E-state index in [2.05, 4.69) is 5.32 Å². The van der Waals surface area contributed by atoms with E-state index in [1.165, 1.54) is 37.3 Å². The van der Waals surface area contributed by atoms with Crippen LogP contribution in [0.5, 0.6) is 11.5 Å². The first kappa shape index (κ1) is 33.5. The lowest BCUT2D eigenvalue weighted by Gasteiger charge is -2.35. The van der Waals surface area contributed by atoms with Crippen molar-refractivity contribution in [2.24, 2.45) is 0 Å². The van der Waals surface area contributed by atoms with E-state index in [0.717, 1.165) is 15.4 Å². The van der Waals surface area contributed by atoms with Gasteiger partial charge in [-0.1, -0.05) is 55.0 Å². The lowest BCUT2D eigenvalue weighted by molar-refractivity contribution is -0.140. The van der Waals surface area contributed by atoms with Crippen LogP contribution in [0.3, 0.4) is 0 Å². The minimum absolute atomic E-state index is 0.0177. The summed E-state index contributed by atoms with van der Waals surface area (Å²) in [5, 5.41) is 2.98. The highest BCUT2D eigenvalue weighted by Crippen LogP contribution is 2.36. The van der Waals surface area contributed by atoms with Gasteiger partial charge in [-0.05, 0) is 70.4 Å². The molecule has 0 aliphatic carbocycles. The van der Waals surface area contributed by atoms with Crippen molar-refractivity contribution < 1.29 is 27.5 Å². The Kier molecular flexibility index (Phi) is 11.2. The summed E-state index contributed by atoms with van der Waals surface area (Å²) >= 11 is 0. The average molecular weight is 610 g/mol. The minimum Gasteiger partial charge on any atom is -0.497 e. The van der Waals surface area contributed by atoms with Crippen LogP contribution >= 0.6 is 0 Å². The molecule has 0 aliphatic heterocycles. The summed E-state index contributed by atoms with van der Waals surface area (Å²) in [5.74, 6) is -0.183. The number of carbonyl (C=O) groups excluding carboxylic acids is 2. The second kappa shape index (κ2) is 14.4. The number of benzene rings is 3. The van der Waals surface area contributed by atoms with Crippen molar-refractivity contribution in [3.05, 3.63) is 83.9 Å². The lowest BCUT2D eigenvalue weighted by Crippen LogP contribution is -2.56. The molecule has 3 aromatic carbocycles. The summed E-state index contributed by atoms with van der Waals surface area (Å²) in [4.78, 5) is 29.2. The molecule has 0 heterocycles. The van der Waals surface area contributed by atoms with E-state index < -0.39 is 34.1 Å². The van der Waals surface area contributed by atoms with Crippen LogP contribution in [0.2, 0.25) is 0 Å². The van der Waals surface area contributed by atoms with Gasteiger partial charge in [0.2, 0.25) is 11.8 Å². The molecule has 0 saturated carbocycles. The van der Waals surface area contributed by atoms with Crippen LogP contribution in [0, 0.1) is 6.92 Å². The molecule has 2 amide bonds. The second-order valence-electron chi connectivity index (χ2n) is 11.3. The average Bonchev–Trinajstić information content (AvgIpc) is 2.97. The standard InChI is InChI=1S/C33H43N3O6S/c1-8-28(32(38)34-33(3,4)5)35(21-20-25-12-10-9-11-13-25)31(37)23-36(29-22-26(41-6)16-19-30(29)42-7)43(39,40)27-17-14-24(2)15-18-27/h9-19,22,28H,8,20-21,23H2,1-7H3,(H,34,38)/t28-/m1/s1. The van der Waals surface area contributed by atoms with Crippen molar-refractivity contribution in [3.8, 4) is 11.5 Å². The Morgan fingerprint density at radius 3 is 2.14 bits per heavy atom. The molecule has 43 heavy (non-hydrogen) atoms. The van der Waals surface area contributed by atoms with Crippen molar-refractivity contribution in [1.29, 1.82) is 0 Å². The number of methoxy groups -OCH3 is 2. The number of carbonyl (C=O) groups is 2. The van der Waals surface area contributed by atoms with E-state index in [1.54, 1.807) is 24.3 Å². The summed E-state index contributed by atoms with van der Waals surface area (Å²) in [7, 11) is -1.35. The number of sulfonamides is 1. The fourth-order valence-electron chi connectivity index (χ4n) is 4.69. The largest absolute Gasteiger partial charge is 0.497 e. The zero-order valence-electron chi connectivity index (χ0n) is 26.1. The van der Waals surface area contributed by atoms with Gasteiger partial charge in [0, 0.05) is 18.2 Å². The third-order valence-electron chi connectivity index (χ3n) is 6.91. The van der Waals surface area contributed by atoms with Gasteiger partial charge in [-0.2, -0.15) is 0 Å². The molecule has 9 nitrogen and oxygen atoms in total. The molecule has 0 bridgehead atoms. The Balaban J connectivity index is 2.11. The Labute approximate surface area is 255 Å². The highest BCUT2D eigenvalue weighted by molar-refractivity contribution is 7.92. The van der Waals surface area contributed by atoms with Gasteiger partial charge in [0.25, 0.3) is 10.0 Å². The fraction of sp³-hybridized carbons (Fsp3) is 0.394. The molecule has 1 N–H and O–H groups in total. The van der Waals surface area contributed by atoms with Crippen LogP contribution in [0.15, 0.2) is 77.7 Å². The van der Waals surface area contributed by atoms with E-state index in [-0.39, 0.29) is 28.8 Å². The molecule has 3 aromatic rings. The van der Waals surface area contributed by atoms with Gasteiger partial charge >= 0.3 is 0 Å². The van der Waals surface area contributed by atoms with Gasteiger partial charge in [0.1, 0.15) is 24.1 Å². The van der Waals surface area contributed by atoms with Gasteiger partial charge < -0.3 is 19.7 Å². The highest BCUT2D eigenvalue weighted by atomic mass is 32.2. The van der Waals surface area contributed by atoms with Crippen LogP contribution in [-0.2, 0) is 26.0 Å². The van der Waals surface area contributed by atoms with Crippen LogP contribution in [0.25, 0.3) is 0 Å². The predicted molar refractivity (Wildman–Crippen MR) is 169 cm³/mol. The van der Waals surface area contributed by atoms with E-state index in [0.29, 0.717) is 18.6 Å². The van der Waals surface area contributed by atoms with E-state index in [4.69, 9.17) is 9.47 Å². The van der Waals surface area contributed by atoms with E-state index >= 15 is 0 Å². The quantitative estimate of drug-likeness (QED) is 0.293. The number of ether oxygens (including phenoxy) is 2. The summed E-state index contributed by atoms with van der Waals surface area (Å²) < 4.78 is 40.3. The number of aryl methyl sites for hydroxylation is 1. The van der Waals surface area contributed by atoms with E-state index in [1.807, 2.05) is 65.0 Å². The number of nitrogens with zero attached hydrogens (tertiary/aromatic N) is 2. The van der Waals surface area contributed by atoms with Gasteiger partial charge in [-0.15, -0.1) is 0 Å². The molecule has 232 valence electrons. The molecule has 0 unspecified atom stereocenters. The first-order chi connectivity index (χ1) is 20.3. The molecule has 0 aromatic heterocycles. The maximum atomic E-state index is 14.3. The molecular weight excluding hydrogens is 566 g/mol. The number of amides is 2. The molecule has 0 radical (unpaired) electrons. The smallest absolute Gasteiger partial charge is 0.264 e. The minimum atomic E-state index is -4.26. The summed E-state index contributed by atoms with van der Waals surface area (Å²) in [6.07, 6.45) is 0.828. The summed E-state index contributed by atoms with van der Waals surface area (Å²) in [6, 6.07) is 20.0. The zero-order valence-corrected chi connectivity index (χ0v) is 26.9. The van der Waals surface area contributed by atoms with Gasteiger partial charge in [-0.25, -0.2) is 8.42 Å². The van der Waals surface area contributed by atoms with Gasteiger partial charge in [0.15, 0.2) is 0 Å². The van der Waals surface area contributed by atoms with Crippen molar-refractivity contribution in [2.75, 3.05) is 31.6 Å². The molecule has 0 fully saturated rings. The number of hydrogen-bond donors (Lipinski definition) is 1. The van der Waals surface area contributed by atoms with E-state index in [9.17, 15) is 18.0 Å². The Morgan fingerprint density at radius 2 is 1.58 bits per heavy atom. The lowest BCUT2D eigenvalue weighted by atomic mass is 10.1. The summed E-state index contributed by atoms with van der Waals surface area (Å²) in [5.41, 5.74) is 1.51. The number of rotatable bonds is 13. The third kappa shape index (κ3) is 8.73. The molecule has 0 spiro atoms. The molecule has 0 aliphatic rings. The van der Waals surface area contributed by atoms with Crippen LogP contribution < -0.4 is 19.1 Å². The number of hydrogen-bond acceptors (Lipinski definition) is 6. The number of nitrogens with one attached hydrogen (secondary N) is 1. The van der Waals surface area contributed by atoms with Gasteiger partial charge in [-0.3, -0.25) is 13.9 Å². The monoisotopic (exact) mass is 609 g/mol. The molecule has 1 atom stereocenters. The van der Waals surface area contributed by atoms with Crippen molar-refractivity contribution >= 4 is 27.5 Å². The predicted octanol–water partition coefficient (Wildman–Crippen LogP) is 4.97. The fourth-order valence-corrected chi connectivity index (χ4v) is 6.11. The van der Waals surface area contributed by atoms with Crippen LogP contribution in [-0.4, -0.2) is 64.0 Å². The third-order valence-corrected chi connectivity index (χ3v) is 8.68. The maximum absolute atomic E-state index is 14.3. The van der Waals surface area contributed by atoms with Crippen LogP contribution in [0.1, 0.15) is 45.2 Å². The maximum Gasteiger partial charge on any atom is 0.264 e. The van der Waals surface area contributed by atoms with Crippen molar-refractivity contribution in [1.82, 2.24) is 10.2 Å². The van der Waals surface area contributed by atoms with Crippen LogP contribution in [0.4, 0.5) is 5.69 Å². The summed E-state index contributed by atoms with van der Waals surface area (Å²) in [6.45, 7) is 8.97. The van der Waals surface area contributed by atoms with Gasteiger partial charge in [0.05, 0.1) is 24.8 Å². The first-order valence-electron chi connectivity index (χ1n) is 14.3. The van der Waals surface area contributed by atoms with Crippen molar-refractivity contribution in [3.63, 3.8) is 0 Å². The second-order valence-corrected chi connectivity index (χ2v) is 13.2. The molecule has 10 heteroatoms. The number of anilines is 1. The normalized spacial score (nSPS) is 12.3. The highest BCUT2D eigenvalue weighted by Gasteiger charge is 2.35. The van der Waals surface area contributed by atoms with Crippen molar-refractivity contribution in [2.45, 2.75) is 63.9 Å². The molecular formula is C33H43N3O6S. The Hall–Kier alpha value is -4.05. The Morgan fingerprint density at radius 1 is 0.930 bits per heavy atom. The molecule has 3 rings (SSSR count). The topological polar surface area (TPSA) is 105 Å². The SMILES string of the molecule is CC[C@H](C(=O)NC(C)(C)C)N(CCc1ccccc1)C(=O)CN(c1cc(OC)ccc1OC)S(=O)(=O)c1ccc(C)cc1. The first-order valence-corrected chi connectivity index (χ1v) is 15.7. The molecule has 0 saturated heterocycles. The zero-order chi connectivity index (χ0) is 31.8. The Bertz CT molecular complexity index is 1490.